The van der Waals surface area contributed by atoms with Crippen molar-refractivity contribution in [2.24, 2.45) is 0 Å². The Bertz CT molecular complexity index is 656. The van der Waals surface area contributed by atoms with Gasteiger partial charge in [-0.3, -0.25) is 0 Å². The van der Waals surface area contributed by atoms with E-state index in [1.54, 1.807) is 20.8 Å². The molecule has 0 N–H and O–H groups in total. The fourth-order valence-electron chi connectivity index (χ4n) is 2.63. The summed E-state index contributed by atoms with van der Waals surface area (Å²) in [4.78, 5) is 0. The first-order valence-electron chi connectivity index (χ1n) is 8.55. The molecule has 3 rings (SSSR count). The quantitative estimate of drug-likeness (QED) is 0.315. The van der Waals surface area contributed by atoms with E-state index in [9.17, 15) is 5.11 Å². The molecule has 3 aromatic carbocycles. The van der Waals surface area contributed by atoms with Crippen molar-refractivity contribution < 1.29 is 73.5 Å². The van der Waals surface area contributed by atoms with Crippen LogP contribution in [0.1, 0.15) is 20.8 Å². The van der Waals surface area contributed by atoms with Crippen LogP contribution in [0.4, 0.5) is 0 Å². The van der Waals surface area contributed by atoms with Gasteiger partial charge in [0, 0.05) is 0 Å². The summed E-state index contributed by atoms with van der Waals surface area (Å²) in [5, 5.41) is 14.4. The van der Waals surface area contributed by atoms with Crippen molar-refractivity contribution in [3.05, 3.63) is 91.0 Å². The zero-order valence-electron chi connectivity index (χ0n) is 16.9. The van der Waals surface area contributed by atoms with Gasteiger partial charge in [-0.05, 0) is 36.4 Å². The van der Waals surface area contributed by atoms with E-state index in [1.165, 1.54) is 15.9 Å². The van der Waals surface area contributed by atoms with Crippen molar-refractivity contribution in [3.63, 3.8) is 0 Å². The van der Waals surface area contributed by atoms with E-state index in [0.717, 1.165) is 0 Å². The van der Waals surface area contributed by atoms with Gasteiger partial charge in [-0.15, -0.1) is 5.60 Å². The maximum absolute atomic E-state index is 10.1. The summed E-state index contributed by atoms with van der Waals surface area (Å²) in [6.45, 7) is 7.31. The smallest absolute Gasteiger partial charge is 1.00 e. The number of halogens is 1. The van der Waals surface area contributed by atoms with Crippen molar-refractivity contribution in [2.75, 3.05) is 6.66 Å². The Kier molecular flexibility index (Phi) is 12.7. The number of hydrogen-bond donors (Lipinski definition) is 0. The molecule has 27 heavy (non-hydrogen) atoms. The molecule has 0 bridgehead atoms. The molecule has 0 atom stereocenters. The van der Waals surface area contributed by atoms with E-state index >= 15 is 0 Å². The van der Waals surface area contributed by atoms with Gasteiger partial charge in [-0.2, -0.15) is 0 Å². The van der Waals surface area contributed by atoms with Crippen molar-refractivity contribution in [3.8, 4) is 0 Å². The van der Waals surface area contributed by atoms with E-state index in [2.05, 4.69) is 97.7 Å². The molecule has 0 fully saturated rings. The summed E-state index contributed by atoms with van der Waals surface area (Å²) < 4.78 is 0. The van der Waals surface area contributed by atoms with E-state index in [0.29, 0.717) is 0 Å². The van der Waals surface area contributed by atoms with Gasteiger partial charge in [0.2, 0.25) is 0 Å². The van der Waals surface area contributed by atoms with Crippen LogP contribution in [0.2, 0.25) is 0 Å². The SMILES string of the molecule is CC(C)(C)[O-].C[P+](c1ccccc1)(c1ccccc1)c1ccccc1.[Br-].[K+]. The molecule has 0 aliphatic carbocycles. The third-order valence-electron chi connectivity index (χ3n) is 3.82. The van der Waals surface area contributed by atoms with Crippen LogP contribution >= 0.6 is 7.26 Å². The second-order valence-corrected chi connectivity index (χ2v) is 10.7. The normalized spacial score (nSPS) is 10.6. The molecule has 1 nitrogen and oxygen atoms in total. The average molecular weight is 469 g/mol. The topological polar surface area (TPSA) is 23.1 Å². The second kappa shape index (κ2) is 12.7. The molecule has 0 radical (unpaired) electrons. The standard InChI is InChI=1S/C19H18P.C4H9O.BrH.K/c1-20(17-11-5-2-6-12-17,18-13-7-3-8-14-18)19-15-9-4-10-16-19;1-4(2,3)5;;/h2-16H,1H3;1-3H3;1H;/q+1;-1;;+1/p-1. The Morgan fingerprint density at radius 2 is 0.778 bits per heavy atom. The van der Waals surface area contributed by atoms with Crippen LogP contribution < -0.4 is 89.4 Å². The van der Waals surface area contributed by atoms with Crippen molar-refractivity contribution in [2.45, 2.75) is 26.4 Å². The molecule has 4 heteroatoms. The van der Waals surface area contributed by atoms with Crippen LogP contribution in [0, 0.1) is 0 Å². The second-order valence-electron chi connectivity index (χ2n) is 7.13. The van der Waals surface area contributed by atoms with E-state index in [1.807, 2.05) is 0 Å². The van der Waals surface area contributed by atoms with Crippen LogP contribution in [-0.2, 0) is 0 Å². The molecule has 0 heterocycles. The summed E-state index contributed by atoms with van der Waals surface area (Å²) in [7, 11) is -1.53. The maximum atomic E-state index is 10.1. The molecule has 0 saturated heterocycles. The average Bonchev–Trinajstić information content (AvgIpc) is 2.62. The van der Waals surface area contributed by atoms with Crippen LogP contribution in [0.25, 0.3) is 0 Å². The summed E-state index contributed by atoms with van der Waals surface area (Å²) >= 11 is 0. The molecule has 0 saturated carbocycles. The summed E-state index contributed by atoms with van der Waals surface area (Å²) in [5.74, 6) is 0. The fraction of sp³-hybridized carbons (Fsp3) is 0.217. The molecule has 0 aliphatic rings. The molecule has 0 amide bonds. The van der Waals surface area contributed by atoms with Gasteiger partial charge in [0.1, 0.15) is 23.2 Å². The largest absolute Gasteiger partial charge is 1.00 e. The minimum atomic E-state index is -1.53. The molecule has 0 spiro atoms. The maximum Gasteiger partial charge on any atom is 1.00 e. The van der Waals surface area contributed by atoms with Crippen molar-refractivity contribution >= 4 is 23.2 Å². The van der Waals surface area contributed by atoms with Gasteiger partial charge in [0.05, 0.1) is 6.66 Å². The molecule has 138 valence electrons. The number of benzene rings is 3. The fourth-order valence-corrected chi connectivity index (χ4v) is 5.83. The first-order chi connectivity index (χ1) is 11.8. The van der Waals surface area contributed by atoms with Crippen LogP contribution in [0.5, 0.6) is 0 Å². The molecule has 0 unspecified atom stereocenters. The Labute approximate surface area is 218 Å². The molecule has 0 aliphatic heterocycles. The Morgan fingerprint density at radius 1 is 0.593 bits per heavy atom. The van der Waals surface area contributed by atoms with Gasteiger partial charge >= 0.3 is 51.4 Å². The summed E-state index contributed by atoms with van der Waals surface area (Å²) in [5.41, 5.74) is -0.750. The van der Waals surface area contributed by atoms with Crippen LogP contribution in [-0.4, -0.2) is 12.3 Å². The molecular weight excluding hydrogens is 442 g/mol. The third kappa shape index (κ3) is 8.59. The Morgan fingerprint density at radius 3 is 0.963 bits per heavy atom. The molecular formula is C23H27BrKOP. The summed E-state index contributed by atoms with van der Waals surface area (Å²) in [6.07, 6.45) is 0. The predicted molar refractivity (Wildman–Crippen MR) is 111 cm³/mol. The Balaban J connectivity index is 0.000000864. The molecule has 3 aromatic rings. The monoisotopic (exact) mass is 468 g/mol. The zero-order valence-corrected chi connectivity index (χ0v) is 22.5. The van der Waals surface area contributed by atoms with Crippen molar-refractivity contribution in [1.29, 1.82) is 0 Å². The van der Waals surface area contributed by atoms with Crippen LogP contribution in [0.15, 0.2) is 91.0 Å². The van der Waals surface area contributed by atoms with Gasteiger partial charge in [-0.1, -0.05) is 75.4 Å². The zero-order chi connectivity index (χ0) is 18.3. The first kappa shape index (κ1) is 27.2. The third-order valence-corrected chi connectivity index (χ3v) is 7.81. The van der Waals surface area contributed by atoms with Crippen LogP contribution in [0.3, 0.4) is 0 Å². The van der Waals surface area contributed by atoms with E-state index in [-0.39, 0.29) is 68.4 Å². The van der Waals surface area contributed by atoms with Gasteiger partial charge in [0.15, 0.2) is 0 Å². The van der Waals surface area contributed by atoms with Crippen molar-refractivity contribution in [1.82, 2.24) is 0 Å². The summed E-state index contributed by atoms with van der Waals surface area (Å²) in [6, 6.07) is 32.6. The minimum Gasteiger partial charge on any atom is -1.00 e. The van der Waals surface area contributed by atoms with Gasteiger partial charge in [0.25, 0.3) is 0 Å². The molecule has 0 aromatic heterocycles. The van der Waals surface area contributed by atoms with E-state index < -0.39 is 12.9 Å². The minimum absolute atomic E-state index is 0. The first-order valence-corrected chi connectivity index (χ1v) is 10.8. The Hall–Kier alpha value is 0.166. The number of rotatable bonds is 3. The number of hydrogen-bond acceptors (Lipinski definition) is 1. The predicted octanol–water partition coefficient (Wildman–Crippen LogP) is -2.24. The van der Waals surface area contributed by atoms with Gasteiger partial charge in [-0.25, -0.2) is 0 Å². The van der Waals surface area contributed by atoms with E-state index in [4.69, 9.17) is 0 Å². The van der Waals surface area contributed by atoms with Gasteiger partial charge < -0.3 is 22.1 Å².